The lowest BCUT2D eigenvalue weighted by molar-refractivity contribution is 0.0730. The fraction of sp³-hybridized carbons (Fsp3) is 0.222. The summed E-state index contributed by atoms with van der Waals surface area (Å²) in [5.41, 5.74) is 2.08. The first kappa shape index (κ1) is 15.9. The number of rotatable bonds is 4. The fourth-order valence-corrected chi connectivity index (χ4v) is 3.85. The third-order valence-electron chi connectivity index (χ3n) is 3.76. The van der Waals surface area contributed by atoms with Crippen LogP contribution in [0.5, 0.6) is 0 Å². The van der Waals surface area contributed by atoms with Crippen LogP contribution in [0.1, 0.15) is 11.1 Å². The Morgan fingerprint density at radius 2 is 1.39 bits per heavy atom. The molecular formula is C18H19NO3S. The second kappa shape index (κ2) is 7.08. The highest BCUT2D eigenvalue weighted by Crippen LogP contribution is 2.18. The molecule has 0 aromatic heterocycles. The van der Waals surface area contributed by atoms with Crippen molar-refractivity contribution in [2.24, 2.45) is 0 Å². The summed E-state index contributed by atoms with van der Waals surface area (Å²) in [6.07, 6.45) is 3.98. The molecule has 1 aliphatic heterocycles. The van der Waals surface area contributed by atoms with Crippen LogP contribution in [-0.4, -0.2) is 39.0 Å². The maximum absolute atomic E-state index is 12.5. The highest BCUT2D eigenvalue weighted by Gasteiger charge is 2.25. The van der Waals surface area contributed by atoms with Crippen molar-refractivity contribution >= 4 is 22.2 Å². The Bertz CT molecular complexity index is 762. The molecule has 0 radical (unpaired) electrons. The molecule has 1 heterocycles. The van der Waals surface area contributed by atoms with Crippen LogP contribution < -0.4 is 0 Å². The molecule has 0 unspecified atom stereocenters. The van der Waals surface area contributed by atoms with Gasteiger partial charge in [-0.1, -0.05) is 54.6 Å². The molecule has 2 aromatic carbocycles. The molecule has 4 nitrogen and oxygen atoms in total. The SMILES string of the molecule is O=S(=O)(c1ccc(C=Cc2ccccc2)cc1)N1CCOCC1. The number of nitrogens with zero attached hydrogens (tertiary/aromatic N) is 1. The van der Waals surface area contributed by atoms with Gasteiger partial charge in [-0.25, -0.2) is 8.42 Å². The van der Waals surface area contributed by atoms with Crippen LogP contribution in [0.3, 0.4) is 0 Å². The van der Waals surface area contributed by atoms with E-state index in [4.69, 9.17) is 4.74 Å². The van der Waals surface area contributed by atoms with Gasteiger partial charge in [-0.3, -0.25) is 0 Å². The van der Waals surface area contributed by atoms with Crippen LogP contribution in [-0.2, 0) is 14.8 Å². The minimum atomic E-state index is -3.42. The largest absolute Gasteiger partial charge is 0.379 e. The quantitative estimate of drug-likeness (QED) is 0.810. The lowest BCUT2D eigenvalue weighted by Gasteiger charge is -2.26. The molecule has 3 rings (SSSR count). The Balaban J connectivity index is 1.75. The molecule has 0 atom stereocenters. The van der Waals surface area contributed by atoms with E-state index in [0.717, 1.165) is 11.1 Å². The molecule has 23 heavy (non-hydrogen) atoms. The van der Waals surface area contributed by atoms with Gasteiger partial charge in [0, 0.05) is 13.1 Å². The van der Waals surface area contributed by atoms with Crippen LogP contribution >= 0.6 is 0 Å². The molecule has 0 N–H and O–H groups in total. The van der Waals surface area contributed by atoms with Crippen LogP contribution in [0.25, 0.3) is 12.2 Å². The van der Waals surface area contributed by atoms with Gasteiger partial charge in [0.05, 0.1) is 18.1 Å². The summed E-state index contributed by atoms with van der Waals surface area (Å²) in [5.74, 6) is 0. The Morgan fingerprint density at radius 1 is 0.826 bits per heavy atom. The van der Waals surface area contributed by atoms with Gasteiger partial charge in [-0.05, 0) is 23.3 Å². The van der Waals surface area contributed by atoms with Gasteiger partial charge in [-0.15, -0.1) is 0 Å². The molecule has 0 saturated carbocycles. The molecule has 120 valence electrons. The molecule has 0 bridgehead atoms. The maximum atomic E-state index is 12.5. The number of ether oxygens (including phenoxy) is 1. The summed E-state index contributed by atoms with van der Waals surface area (Å²) < 4.78 is 31.7. The van der Waals surface area contributed by atoms with E-state index < -0.39 is 10.0 Å². The Hall–Kier alpha value is -1.95. The molecule has 0 spiro atoms. The van der Waals surface area contributed by atoms with Crippen molar-refractivity contribution in [3.05, 3.63) is 65.7 Å². The fourth-order valence-electron chi connectivity index (χ4n) is 2.44. The Morgan fingerprint density at radius 3 is 2.00 bits per heavy atom. The number of hydrogen-bond acceptors (Lipinski definition) is 3. The second-order valence-electron chi connectivity index (χ2n) is 5.33. The van der Waals surface area contributed by atoms with E-state index >= 15 is 0 Å². The molecule has 1 saturated heterocycles. The van der Waals surface area contributed by atoms with E-state index in [0.29, 0.717) is 31.2 Å². The zero-order valence-corrected chi connectivity index (χ0v) is 13.6. The van der Waals surface area contributed by atoms with Crippen molar-refractivity contribution in [3.8, 4) is 0 Å². The van der Waals surface area contributed by atoms with E-state index in [1.807, 2.05) is 54.6 Å². The Kier molecular flexibility index (Phi) is 4.91. The smallest absolute Gasteiger partial charge is 0.243 e. The standard InChI is InChI=1S/C18H19NO3S/c20-23(21,19-12-14-22-15-13-19)18-10-8-17(9-11-18)7-6-16-4-2-1-3-5-16/h1-11H,12-15H2. The monoisotopic (exact) mass is 329 g/mol. The zero-order chi connectivity index (χ0) is 16.1. The second-order valence-corrected chi connectivity index (χ2v) is 7.27. The average Bonchev–Trinajstić information content (AvgIpc) is 2.62. The first-order valence-electron chi connectivity index (χ1n) is 7.57. The predicted molar refractivity (Wildman–Crippen MR) is 91.4 cm³/mol. The van der Waals surface area contributed by atoms with Crippen molar-refractivity contribution in [3.63, 3.8) is 0 Å². The van der Waals surface area contributed by atoms with E-state index in [2.05, 4.69) is 0 Å². The highest BCUT2D eigenvalue weighted by atomic mass is 32.2. The summed E-state index contributed by atoms with van der Waals surface area (Å²) in [6, 6.07) is 17.0. The van der Waals surface area contributed by atoms with Gasteiger partial charge >= 0.3 is 0 Å². The van der Waals surface area contributed by atoms with Crippen LogP contribution in [0, 0.1) is 0 Å². The third kappa shape index (κ3) is 3.88. The predicted octanol–water partition coefficient (Wildman–Crippen LogP) is 2.88. The van der Waals surface area contributed by atoms with Crippen molar-refractivity contribution < 1.29 is 13.2 Å². The number of benzene rings is 2. The summed E-state index contributed by atoms with van der Waals surface area (Å²) >= 11 is 0. The first-order chi connectivity index (χ1) is 11.2. The molecule has 1 aliphatic rings. The summed E-state index contributed by atoms with van der Waals surface area (Å²) in [5, 5.41) is 0. The lowest BCUT2D eigenvalue weighted by atomic mass is 10.1. The van der Waals surface area contributed by atoms with Gasteiger partial charge in [0.15, 0.2) is 0 Å². The summed E-state index contributed by atoms with van der Waals surface area (Å²) in [4.78, 5) is 0.330. The van der Waals surface area contributed by atoms with Crippen molar-refractivity contribution in [2.45, 2.75) is 4.90 Å². The van der Waals surface area contributed by atoms with E-state index in [1.54, 1.807) is 12.1 Å². The summed E-state index contributed by atoms with van der Waals surface area (Å²) in [7, 11) is -3.42. The minimum Gasteiger partial charge on any atom is -0.379 e. The minimum absolute atomic E-state index is 0.330. The maximum Gasteiger partial charge on any atom is 0.243 e. The molecule has 2 aromatic rings. The zero-order valence-electron chi connectivity index (χ0n) is 12.8. The normalized spacial score (nSPS) is 16.7. The van der Waals surface area contributed by atoms with Gasteiger partial charge in [0.2, 0.25) is 10.0 Å². The third-order valence-corrected chi connectivity index (χ3v) is 5.67. The first-order valence-corrected chi connectivity index (χ1v) is 9.01. The molecular weight excluding hydrogens is 310 g/mol. The summed E-state index contributed by atoms with van der Waals surface area (Å²) in [6.45, 7) is 1.74. The van der Waals surface area contributed by atoms with Crippen molar-refractivity contribution in [2.75, 3.05) is 26.3 Å². The van der Waals surface area contributed by atoms with Gasteiger partial charge in [0.25, 0.3) is 0 Å². The van der Waals surface area contributed by atoms with E-state index in [9.17, 15) is 8.42 Å². The number of sulfonamides is 1. The molecule has 0 amide bonds. The average molecular weight is 329 g/mol. The van der Waals surface area contributed by atoms with Crippen LogP contribution in [0.4, 0.5) is 0 Å². The molecule has 5 heteroatoms. The van der Waals surface area contributed by atoms with E-state index in [-0.39, 0.29) is 0 Å². The Labute approximate surface area is 137 Å². The van der Waals surface area contributed by atoms with Crippen LogP contribution in [0.2, 0.25) is 0 Å². The van der Waals surface area contributed by atoms with E-state index in [1.165, 1.54) is 4.31 Å². The highest BCUT2D eigenvalue weighted by molar-refractivity contribution is 7.89. The van der Waals surface area contributed by atoms with Crippen molar-refractivity contribution in [1.29, 1.82) is 0 Å². The van der Waals surface area contributed by atoms with Crippen LogP contribution in [0.15, 0.2) is 59.5 Å². The molecule has 0 aliphatic carbocycles. The van der Waals surface area contributed by atoms with Gasteiger partial charge in [-0.2, -0.15) is 4.31 Å². The number of hydrogen-bond donors (Lipinski definition) is 0. The lowest BCUT2D eigenvalue weighted by Crippen LogP contribution is -2.40. The molecule has 1 fully saturated rings. The van der Waals surface area contributed by atoms with Gasteiger partial charge in [0.1, 0.15) is 0 Å². The number of morpholine rings is 1. The van der Waals surface area contributed by atoms with Gasteiger partial charge < -0.3 is 4.74 Å². The topological polar surface area (TPSA) is 46.6 Å². The van der Waals surface area contributed by atoms with Crippen molar-refractivity contribution in [1.82, 2.24) is 4.31 Å².